The normalized spacial score (nSPS) is 11.2. The number of esters is 2. The smallest absolute Gasteiger partial charge is 0.348 e. The van der Waals surface area contributed by atoms with E-state index in [0.717, 1.165) is 27.7 Å². The van der Waals surface area contributed by atoms with E-state index in [-0.39, 0.29) is 35.6 Å². The van der Waals surface area contributed by atoms with Gasteiger partial charge in [0.25, 0.3) is 0 Å². The van der Waals surface area contributed by atoms with Gasteiger partial charge in [0.1, 0.15) is 10.9 Å². The molecule has 0 unspecified atom stereocenters. The van der Waals surface area contributed by atoms with Crippen LogP contribution in [0.4, 0.5) is 0 Å². The molecule has 0 spiro atoms. The highest BCUT2D eigenvalue weighted by atomic mass is 32.1. The number of nitrogens with zero attached hydrogens (tertiary/aromatic N) is 1. The van der Waals surface area contributed by atoms with E-state index in [0.29, 0.717) is 10.4 Å². The second-order valence-corrected chi connectivity index (χ2v) is 8.24. The molecular weight excluding hydrogens is 438 g/mol. The number of ether oxygens (including phenoxy) is 2. The summed E-state index contributed by atoms with van der Waals surface area (Å²) in [6.07, 6.45) is 1.35. The third-order valence-electron chi connectivity index (χ3n) is 5.03. The lowest BCUT2D eigenvalue weighted by atomic mass is 9.99. The summed E-state index contributed by atoms with van der Waals surface area (Å²) in [5, 5.41) is 11.6. The number of carbonyl (C=O) groups excluding carboxylic acids is 3. The van der Waals surface area contributed by atoms with Crippen LogP contribution in [-0.4, -0.2) is 30.9 Å². The van der Waals surface area contributed by atoms with E-state index in [1.165, 1.54) is 0 Å². The van der Waals surface area contributed by atoms with Gasteiger partial charge < -0.3 is 9.47 Å². The van der Waals surface area contributed by atoms with Crippen LogP contribution in [0.3, 0.4) is 0 Å². The summed E-state index contributed by atoms with van der Waals surface area (Å²) in [6.45, 7) is 5.33. The quantitative estimate of drug-likeness (QED) is 0.257. The van der Waals surface area contributed by atoms with Crippen LogP contribution >= 0.6 is 11.3 Å². The minimum atomic E-state index is -0.610. The number of fused-ring (bicyclic) bond motifs is 1. The van der Waals surface area contributed by atoms with Crippen LogP contribution in [0.1, 0.15) is 49.9 Å². The van der Waals surface area contributed by atoms with E-state index >= 15 is 0 Å². The van der Waals surface area contributed by atoms with Gasteiger partial charge >= 0.3 is 11.9 Å². The first-order valence-corrected chi connectivity index (χ1v) is 11.3. The van der Waals surface area contributed by atoms with E-state index in [9.17, 15) is 19.6 Å². The maximum atomic E-state index is 13.1. The van der Waals surface area contributed by atoms with Crippen molar-refractivity contribution in [2.75, 3.05) is 13.2 Å². The SMILES string of the molecule is CCOC(=O)c1sc(CC(=O)/C(C#N)=C/c2cccc3ccccc23)c(C(=O)OCC)c1C. The van der Waals surface area contributed by atoms with Crippen LogP contribution in [0.2, 0.25) is 0 Å². The van der Waals surface area contributed by atoms with Crippen LogP contribution in [0.25, 0.3) is 16.8 Å². The molecule has 0 N–H and O–H groups in total. The number of thiophene rings is 1. The first-order chi connectivity index (χ1) is 15.9. The van der Waals surface area contributed by atoms with Crippen molar-refractivity contribution in [3.63, 3.8) is 0 Å². The Morgan fingerprint density at radius 3 is 2.36 bits per heavy atom. The number of carbonyl (C=O) groups is 3. The summed E-state index contributed by atoms with van der Waals surface area (Å²) in [5.41, 5.74) is 1.31. The zero-order valence-corrected chi connectivity index (χ0v) is 19.5. The Labute approximate surface area is 196 Å². The molecule has 2 aromatic carbocycles. The van der Waals surface area contributed by atoms with Gasteiger partial charge in [-0.25, -0.2) is 9.59 Å². The Hall–Kier alpha value is -3.76. The first-order valence-electron chi connectivity index (χ1n) is 10.5. The Bertz CT molecular complexity index is 1290. The fraction of sp³-hybridized carbons (Fsp3) is 0.231. The Balaban J connectivity index is 2.00. The lowest BCUT2D eigenvalue weighted by Gasteiger charge is -2.06. The highest BCUT2D eigenvalue weighted by Gasteiger charge is 2.28. The average Bonchev–Trinajstić information content (AvgIpc) is 3.13. The van der Waals surface area contributed by atoms with Crippen LogP contribution in [0.5, 0.6) is 0 Å². The molecule has 3 rings (SSSR count). The van der Waals surface area contributed by atoms with Crippen molar-refractivity contribution in [2.45, 2.75) is 27.2 Å². The molecule has 1 aromatic heterocycles. The standard InChI is InChI=1S/C26H23NO5S/c1-4-31-25(29)23-16(3)24(26(30)32-5-2)33-22(23)14-21(28)19(15-27)13-18-11-8-10-17-9-6-7-12-20(17)18/h6-13H,4-5,14H2,1-3H3/b19-13+. The van der Waals surface area contributed by atoms with Gasteiger partial charge in [-0.1, -0.05) is 42.5 Å². The number of rotatable bonds is 8. The maximum Gasteiger partial charge on any atom is 0.348 e. The molecule has 0 atom stereocenters. The fourth-order valence-electron chi connectivity index (χ4n) is 3.51. The van der Waals surface area contributed by atoms with Crippen molar-refractivity contribution >= 4 is 45.9 Å². The van der Waals surface area contributed by atoms with E-state index in [1.807, 2.05) is 48.5 Å². The number of ketones is 1. The highest BCUT2D eigenvalue weighted by Crippen LogP contribution is 2.31. The monoisotopic (exact) mass is 461 g/mol. The third kappa shape index (κ3) is 5.18. The Morgan fingerprint density at radius 1 is 1.00 bits per heavy atom. The summed E-state index contributed by atoms with van der Waals surface area (Å²) in [6, 6.07) is 15.3. The van der Waals surface area contributed by atoms with Crippen molar-refractivity contribution in [3.8, 4) is 6.07 Å². The predicted octanol–water partition coefficient (Wildman–Crippen LogP) is 5.28. The predicted molar refractivity (Wildman–Crippen MR) is 127 cm³/mol. The molecule has 0 radical (unpaired) electrons. The van der Waals surface area contributed by atoms with Crippen molar-refractivity contribution in [2.24, 2.45) is 0 Å². The van der Waals surface area contributed by atoms with Crippen molar-refractivity contribution < 1.29 is 23.9 Å². The minimum absolute atomic E-state index is 0.0371. The molecule has 0 saturated heterocycles. The van der Waals surface area contributed by atoms with Crippen molar-refractivity contribution in [1.29, 1.82) is 5.26 Å². The zero-order chi connectivity index (χ0) is 24.0. The second kappa shape index (κ2) is 10.7. The number of allylic oxidation sites excluding steroid dienone is 1. The lowest BCUT2D eigenvalue weighted by molar-refractivity contribution is -0.114. The molecule has 33 heavy (non-hydrogen) atoms. The summed E-state index contributed by atoms with van der Waals surface area (Å²) in [4.78, 5) is 38.6. The van der Waals surface area contributed by atoms with Gasteiger partial charge in [-0.05, 0) is 48.7 Å². The Morgan fingerprint density at radius 2 is 1.67 bits per heavy atom. The molecule has 0 bridgehead atoms. The van der Waals surface area contributed by atoms with Crippen LogP contribution < -0.4 is 0 Å². The number of nitriles is 1. The minimum Gasteiger partial charge on any atom is -0.462 e. The van der Waals surface area contributed by atoms with Crippen molar-refractivity contribution in [1.82, 2.24) is 0 Å². The van der Waals surface area contributed by atoms with Crippen molar-refractivity contribution in [3.05, 3.63) is 74.5 Å². The van der Waals surface area contributed by atoms with Gasteiger partial charge in [0, 0.05) is 11.3 Å². The number of hydrogen-bond donors (Lipinski definition) is 0. The third-order valence-corrected chi connectivity index (χ3v) is 6.30. The van der Waals surface area contributed by atoms with Gasteiger partial charge in [0.2, 0.25) is 0 Å². The van der Waals surface area contributed by atoms with E-state index in [4.69, 9.17) is 9.47 Å². The topological polar surface area (TPSA) is 93.5 Å². The maximum absolute atomic E-state index is 13.1. The van der Waals surface area contributed by atoms with Gasteiger partial charge in [0.15, 0.2) is 5.78 Å². The summed E-state index contributed by atoms with van der Waals surface area (Å²) in [5.74, 6) is -1.62. The van der Waals surface area contributed by atoms with Crippen LogP contribution in [-0.2, 0) is 20.7 Å². The zero-order valence-electron chi connectivity index (χ0n) is 18.6. The van der Waals surface area contributed by atoms with E-state index in [2.05, 4.69) is 0 Å². The number of Topliss-reactive ketones (excluding diaryl/α,β-unsaturated/α-hetero) is 1. The van der Waals surface area contributed by atoms with Crippen LogP contribution in [0.15, 0.2) is 48.0 Å². The molecule has 3 aromatic rings. The van der Waals surface area contributed by atoms with Crippen LogP contribution in [0, 0.1) is 18.3 Å². The molecule has 0 aliphatic heterocycles. The number of hydrogen-bond acceptors (Lipinski definition) is 7. The largest absolute Gasteiger partial charge is 0.462 e. The first kappa shape index (κ1) is 23.9. The summed E-state index contributed by atoms with van der Waals surface area (Å²) >= 11 is 1.02. The summed E-state index contributed by atoms with van der Waals surface area (Å²) in [7, 11) is 0. The molecule has 0 saturated carbocycles. The molecule has 0 fully saturated rings. The second-order valence-electron chi connectivity index (χ2n) is 7.13. The molecule has 168 valence electrons. The van der Waals surface area contributed by atoms with E-state index in [1.54, 1.807) is 26.8 Å². The number of benzene rings is 2. The van der Waals surface area contributed by atoms with Gasteiger partial charge in [0.05, 0.1) is 24.4 Å². The van der Waals surface area contributed by atoms with E-state index < -0.39 is 17.7 Å². The molecule has 0 amide bonds. The molecule has 7 heteroatoms. The molecule has 6 nitrogen and oxygen atoms in total. The van der Waals surface area contributed by atoms with Gasteiger partial charge in [-0.2, -0.15) is 5.26 Å². The lowest BCUT2D eigenvalue weighted by Crippen LogP contribution is -2.12. The fourth-order valence-corrected chi connectivity index (χ4v) is 4.69. The van der Waals surface area contributed by atoms with Gasteiger partial charge in [-0.3, -0.25) is 4.79 Å². The Kier molecular flexibility index (Phi) is 7.75. The molecular formula is C26H23NO5S. The summed E-state index contributed by atoms with van der Waals surface area (Å²) < 4.78 is 10.2. The molecule has 0 aliphatic rings. The molecule has 1 heterocycles. The average molecular weight is 462 g/mol. The van der Waals surface area contributed by atoms with Gasteiger partial charge in [-0.15, -0.1) is 11.3 Å². The highest BCUT2D eigenvalue weighted by molar-refractivity contribution is 7.14. The molecule has 0 aliphatic carbocycles.